The van der Waals surface area contributed by atoms with Crippen LogP contribution in [0.25, 0.3) is 44.8 Å². The number of rotatable bonds is 15. The van der Waals surface area contributed by atoms with E-state index in [1.165, 1.54) is 11.1 Å². The summed E-state index contributed by atoms with van der Waals surface area (Å²) in [5.41, 5.74) is 15.4. The highest BCUT2D eigenvalue weighted by Crippen LogP contribution is 2.45. The Kier molecular flexibility index (Phi) is 14.4. The van der Waals surface area contributed by atoms with Crippen LogP contribution in [-0.2, 0) is 11.4 Å². The third-order valence-corrected chi connectivity index (χ3v) is 14.6. The molecule has 0 radical (unpaired) electrons. The molecule has 1 aliphatic rings. The third kappa shape index (κ3) is 10.8. The molecule has 1 amide bonds. The van der Waals surface area contributed by atoms with Crippen molar-refractivity contribution in [3.8, 4) is 22.6 Å². The molecule has 398 valence electrons. The fourth-order valence-corrected chi connectivity index (χ4v) is 10.1. The van der Waals surface area contributed by atoms with Crippen molar-refractivity contribution in [2.75, 3.05) is 15.7 Å². The van der Waals surface area contributed by atoms with E-state index in [4.69, 9.17) is 16.4 Å². The lowest BCUT2D eigenvalue weighted by atomic mass is 10.0. The van der Waals surface area contributed by atoms with Crippen molar-refractivity contribution in [2.24, 2.45) is 20.5 Å². The number of aryl methyl sites for hydroxylation is 2. The summed E-state index contributed by atoms with van der Waals surface area (Å²) in [7, 11) is 0. The van der Waals surface area contributed by atoms with Gasteiger partial charge in [-0.3, -0.25) is 19.9 Å². The van der Waals surface area contributed by atoms with Crippen molar-refractivity contribution in [3.05, 3.63) is 268 Å². The molecule has 11 aromatic carbocycles. The lowest BCUT2D eigenvalue weighted by Crippen LogP contribution is -2.12. The van der Waals surface area contributed by atoms with Gasteiger partial charge in [0.1, 0.15) is 23.7 Å². The van der Waals surface area contributed by atoms with Gasteiger partial charge in [-0.1, -0.05) is 156 Å². The number of ketones is 1. The van der Waals surface area contributed by atoms with Crippen LogP contribution >= 0.6 is 11.6 Å². The summed E-state index contributed by atoms with van der Waals surface area (Å²) in [6.07, 6.45) is 4.06. The number of phenols is 2. The predicted molar refractivity (Wildman–Crippen MR) is 329 cm³/mol. The Morgan fingerprint density at radius 3 is 1.59 bits per heavy atom. The number of carbonyl (C=O) groups excluding carboxylic acids is 2. The molecule has 0 bridgehead atoms. The van der Waals surface area contributed by atoms with Crippen LogP contribution in [0.4, 0.5) is 51.2 Å². The number of fused-ring (bicyclic) bond motifs is 5. The average molecular weight is 1090 g/mol. The number of para-hydroxylation sites is 1. The number of aromatic hydroxyl groups is 2. The fourth-order valence-electron chi connectivity index (χ4n) is 9.95. The van der Waals surface area contributed by atoms with E-state index in [1.807, 2.05) is 103 Å². The normalized spacial score (nSPS) is 12.0. The second kappa shape index (κ2) is 22.7. The molecule has 0 saturated heterocycles. The fraction of sp³-hybridized carbons (Fsp3) is 0.0435. The molecule has 13 heteroatoms. The van der Waals surface area contributed by atoms with E-state index in [2.05, 4.69) is 123 Å². The Labute approximate surface area is 477 Å². The number of azo groups is 2. The molecule has 12 rings (SSSR count). The molecule has 0 heterocycles. The van der Waals surface area contributed by atoms with Gasteiger partial charge in [-0.05, 0) is 144 Å². The average Bonchev–Trinajstić information content (AvgIpc) is 3.81. The summed E-state index contributed by atoms with van der Waals surface area (Å²) < 4.78 is 0. The predicted octanol–water partition coefficient (Wildman–Crippen LogP) is 19.2. The number of anilines is 5. The van der Waals surface area contributed by atoms with Gasteiger partial charge in [0.2, 0.25) is 0 Å². The molecule has 0 aromatic heterocycles. The number of halogens is 1. The molecule has 0 atom stereocenters. The first-order chi connectivity index (χ1) is 40.0. The van der Waals surface area contributed by atoms with E-state index < -0.39 is 5.91 Å². The van der Waals surface area contributed by atoms with Crippen LogP contribution in [0.5, 0.6) is 11.5 Å². The number of carbonyl (C=O) groups is 2. The summed E-state index contributed by atoms with van der Waals surface area (Å²) in [4.78, 5) is 36.0. The molecule has 4 N–H and O–H groups in total. The molecular formula is C69H50ClN7O5. The van der Waals surface area contributed by atoms with Gasteiger partial charge in [-0.15, -0.1) is 10.2 Å². The first-order valence-electron chi connectivity index (χ1n) is 26.4. The number of phenolic OH excluding ortho intramolecular Hbond substituents is 2. The van der Waals surface area contributed by atoms with Crippen LogP contribution < -0.4 is 15.7 Å². The van der Waals surface area contributed by atoms with Crippen molar-refractivity contribution >= 4 is 108 Å². The van der Waals surface area contributed by atoms with Crippen molar-refractivity contribution in [1.29, 1.82) is 0 Å². The summed E-state index contributed by atoms with van der Waals surface area (Å²) in [5, 5.41) is 47.3. The van der Waals surface area contributed by atoms with Gasteiger partial charge in [0.15, 0.2) is 11.5 Å². The Bertz CT molecular complexity index is 4330. The summed E-state index contributed by atoms with van der Waals surface area (Å²) in [6.45, 7) is 4.17. The molecule has 12 nitrogen and oxygen atoms in total. The maximum absolute atomic E-state index is 14.1. The van der Waals surface area contributed by atoms with Gasteiger partial charge in [-0.2, -0.15) is 10.2 Å². The van der Waals surface area contributed by atoms with Gasteiger partial charge in [0.05, 0.1) is 27.6 Å². The molecule has 0 saturated carbocycles. The Hall–Kier alpha value is -10.5. The van der Waals surface area contributed by atoms with Crippen molar-refractivity contribution < 1.29 is 24.6 Å². The quantitative estimate of drug-likeness (QED) is 0.0451. The smallest absolute Gasteiger partial charge is 0.259 e. The summed E-state index contributed by atoms with van der Waals surface area (Å²) in [5.74, 6) is -1.21. The Balaban J connectivity index is 0.727. The highest BCUT2D eigenvalue weighted by Gasteiger charge is 2.28. The monoisotopic (exact) mass is 1090 g/mol. The summed E-state index contributed by atoms with van der Waals surface area (Å²) in [6, 6.07) is 68.8. The zero-order valence-corrected chi connectivity index (χ0v) is 45.1. The Morgan fingerprint density at radius 1 is 0.537 bits per heavy atom. The van der Waals surface area contributed by atoms with Crippen molar-refractivity contribution in [3.63, 3.8) is 0 Å². The van der Waals surface area contributed by atoms with E-state index >= 15 is 0 Å². The number of nitrogens with zero attached hydrogens (tertiary/aromatic N) is 5. The van der Waals surface area contributed by atoms with Gasteiger partial charge < -0.3 is 20.4 Å². The maximum Gasteiger partial charge on any atom is 0.259 e. The number of amides is 1. The van der Waals surface area contributed by atoms with Gasteiger partial charge in [-0.25, -0.2) is 0 Å². The first kappa shape index (κ1) is 52.2. The lowest BCUT2D eigenvalue weighted by molar-refractivity contribution is 0.102. The highest BCUT2D eigenvalue weighted by atomic mass is 35.5. The molecule has 1 aliphatic carbocycles. The van der Waals surface area contributed by atoms with Crippen LogP contribution in [0.1, 0.15) is 54.1 Å². The molecule has 82 heavy (non-hydrogen) atoms. The van der Waals surface area contributed by atoms with Gasteiger partial charge in [0, 0.05) is 50.2 Å². The SMILES string of the molecule is Cc1ccc(N(c2ccc(C)cc2)c2ccc(C=Cc3ccc(NC(=O)c4cc5ccccc5c(N=Nc5ccc6c(c5)C(=O)c5cc(N=Nc7c(O)c(CONc8ccccc8Cl)cc8ccccc78)ccc5-6)c4O)cc3)cc2)cc1. The molecule has 0 unspecified atom stereocenters. The standard InChI is InChI=1S/C69H50ClN7O5/c1-42-15-29-52(30-16-42)77(53-31-17-43(2)18-32-53)54-33-23-45(24-34-54)20-19-44-21-25-49(26-22-44)71-69(81)61-38-47-10-4-6-12-56(47)65(68(61)80)75-73-51-28-36-58-57-35-27-50(39-59(57)67(79)60(58)40-51)72-74-64-55-11-5-3-9-46(55)37-48(66(64)78)41-82-76-63-14-8-7-13-62(63)70/h3-40,76,78,80H,41H2,1-2H3,(H,71,81). The largest absolute Gasteiger partial charge is 0.505 e. The number of benzene rings is 11. The van der Waals surface area contributed by atoms with E-state index in [9.17, 15) is 19.8 Å². The first-order valence-corrected chi connectivity index (χ1v) is 26.8. The minimum Gasteiger partial charge on any atom is -0.505 e. The number of hydrogen-bond acceptors (Lipinski definition) is 11. The van der Waals surface area contributed by atoms with Crippen molar-refractivity contribution in [1.82, 2.24) is 0 Å². The maximum atomic E-state index is 14.1. The zero-order valence-electron chi connectivity index (χ0n) is 44.4. The van der Waals surface area contributed by atoms with Crippen LogP contribution in [0.2, 0.25) is 5.02 Å². The van der Waals surface area contributed by atoms with E-state index in [0.717, 1.165) is 39.1 Å². The second-order valence-electron chi connectivity index (χ2n) is 19.9. The molecule has 11 aromatic rings. The van der Waals surface area contributed by atoms with Crippen LogP contribution in [0.15, 0.2) is 239 Å². The minimum absolute atomic E-state index is 0.00174. The van der Waals surface area contributed by atoms with Crippen LogP contribution in [-0.4, -0.2) is 21.9 Å². The molecule has 0 spiro atoms. The molecule has 0 aliphatic heterocycles. The number of hydrogen-bond donors (Lipinski definition) is 4. The van der Waals surface area contributed by atoms with E-state index in [0.29, 0.717) is 66.2 Å². The highest BCUT2D eigenvalue weighted by molar-refractivity contribution is 6.33. The summed E-state index contributed by atoms with van der Waals surface area (Å²) >= 11 is 6.28. The van der Waals surface area contributed by atoms with Gasteiger partial charge >= 0.3 is 0 Å². The molecular weight excluding hydrogens is 1040 g/mol. The van der Waals surface area contributed by atoms with Gasteiger partial charge in [0.25, 0.3) is 5.91 Å². The molecule has 0 fully saturated rings. The topological polar surface area (TPSA) is 161 Å². The number of nitrogens with one attached hydrogen (secondary N) is 2. The second-order valence-corrected chi connectivity index (χ2v) is 20.3. The van der Waals surface area contributed by atoms with E-state index in [-0.39, 0.29) is 40.8 Å². The third-order valence-electron chi connectivity index (χ3n) is 14.3. The van der Waals surface area contributed by atoms with Crippen molar-refractivity contribution in [2.45, 2.75) is 20.5 Å². The minimum atomic E-state index is -0.528. The Morgan fingerprint density at radius 2 is 1.02 bits per heavy atom. The van der Waals surface area contributed by atoms with Crippen LogP contribution in [0.3, 0.4) is 0 Å². The lowest BCUT2D eigenvalue weighted by Gasteiger charge is -2.25. The van der Waals surface area contributed by atoms with Crippen LogP contribution in [0, 0.1) is 13.8 Å². The van der Waals surface area contributed by atoms with E-state index in [1.54, 1.807) is 54.6 Å². The zero-order chi connectivity index (χ0) is 56.3.